The lowest BCUT2D eigenvalue weighted by molar-refractivity contribution is -0.127. The summed E-state index contributed by atoms with van der Waals surface area (Å²) in [6, 6.07) is 10.4. The topological polar surface area (TPSA) is 99.3 Å². The smallest absolute Gasteiger partial charge is 0.295 e. The second-order valence-corrected chi connectivity index (χ2v) is 10.0. The average Bonchev–Trinajstić information content (AvgIpc) is 3.35. The first-order valence-corrected chi connectivity index (χ1v) is 11.7. The lowest BCUT2D eigenvalue weighted by atomic mass is 10.0. The Balaban J connectivity index is 1.42. The molecule has 3 aromatic rings. The monoisotopic (exact) mass is 431 g/mol. The largest absolute Gasteiger partial charge is 0.358 e. The van der Waals surface area contributed by atoms with E-state index in [0.717, 1.165) is 10.9 Å². The number of hydrogen-bond donors (Lipinski definition) is 2. The van der Waals surface area contributed by atoms with Crippen LogP contribution in [0.25, 0.3) is 10.9 Å². The molecule has 152 valence electrons. The molecule has 4 rings (SSSR count). The summed E-state index contributed by atoms with van der Waals surface area (Å²) in [5.74, 6) is -1.07. The molecule has 1 aliphatic rings. The van der Waals surface area contributed by atoms with Crippen molar-refractivity contribution in [3.05, 3.63) is 53.0 Å². The number of nitrogens with one attached hydrogen (secondary N) is 2. The van der Waals surface area contributed by atoms with Gasteiger partial charge in [-0.1, -0.05) is 24.3 Å². The van der Waals surface area contributed by atoms with E-state index in [1.54, 1.807) is 24.4 Å². The molecule has 0 aliphatic carbocycles. The molecular formula is C20H21N3O4S2. The zero-order valence-electron chi connectivity index (χ0n) is 15.8. The number of aryl methyl sites for hydroxylation is 1. The van der Waals surface area contributed by atoms with E-state index >= 15 is 0 Å². The summed E-state index contributed by atoms with van der Waals surface area (Å²) in [7, 11) is -3.54. The molecule has 29 heavy (non-hydrogen) atoms. The van der Waals surface area contributed by atoms with Crippen LogP contribution in [-0.2, 0) is 14.8 Å². The maximum Gasteiger partial charge on any atom is 0.295 e. The van der Waals surface area contributed by atoms with Crippen molar-refractivity contribution in [1.29, 1.82) is 0 Å². The van der Waals surface area contributed by atoms with E-state index in [1.807, 2.05) is 24.3 Å². The van der Waals surface area contributed by atoms with E-state index in [9.17, 15) is 18.0 Å². The van der Waals surface area contributed by atoms with Crippen molar-refractivity contribution < 1.29 is 18.0 Å². The van der Waals surface area contributed by atoms with Gasteiger partial charge in [-0.3, -0.25) is 9.59 Å². The van der Waals surface area contributed by atoms with Crippen molar-refractivity contribution in [3.8, 4) is 0 Å². The number of carbonyl (C=O) groups excluding carboxylic acids is 2. The lowest BCUT2D eigenvalue weighted by Crippen LogP contribution is -2.48. The number of thiophene rings is 1. The summed E-state index contributed by atoms with van der Waals surface area (Å²) >= 11 is 1.17. The number of fused-ring (bicyclic) bond motifs is 1. The fourth-order valence-electron chi connectivity index (χ4n) is 3.71. The van der Waals surface area contributed by atoms with Gasteiger partial charge in [-0.25, -0.2) is 13.1 Å². The van der Waals surface area contributed by atoms with Crippen molar-refractivity contribution in [3.63, 3.8) is 0 Å². The Morgan fingerprint density at radius 3 is 2.55 bits per heavy atom. The SMILES string of the molecule is Cc1[nH]c2ccccc2c1C(=O)C(=O)N1CCC(NS(=O)(=O)c2cccs2)CC1. The fourth-order valence-corrected chi connectivity index (χ4v) is 6.03. The quantitative estimate of drug-likeness (QED) is 0.479. The molecule has 1 saturated heterocycles. The molecule has 1 amide bonds. The molecule has 0 spiro atoms. The van der Waals surface area contributed by atoms with Crippen LogP contribution in [-0.4, -0.2) is 49.1 Å². The minimum absolute atomic E-state index is 0.254. The van der Waals surface area contributed by atoms with Crippen molar-refractivity contribution in [2.24, 2.45) is 0 Å². The van der Waals surface area contributed by atoms with Gasteiger partial charge in [-0.2, -0.15) is 0 Å². The predicted octanol–water partition coefficient (Wildman–Crippen LogP) is 2.69. The maximum absolute atomic E-state index is 12.9. The van der Waals surface area contributed by atoms with Crippen LogP contribution in [0.2, 0.25) is 0 Å². The average molecular weight is 432 g/mol. The van der Waals surface area contributed by atoms with E-state index in [0.29, 0.717) is 37.2 Å². The summed E-state index contributed by atoms with van der Waals surface area (Å²) in [5, 5.41) is 2.45. The highest BCUT2D eigenvalue weighted by molar-refractivity contribution is 7.91. The first-order chi connectivity index (χ1) is 13.9. The summed E-state index contributed by atoms with van der Waals surface area (Å²) in [6.07, 6.45) is 0.937. The Hall–Kier alpha value is -2.49. The number of amides is 1. The number of sulfonamides is 1. The Morgan fingerprint density at radius 1 is 1.14 bits per heavy atom. The molecule has 1 fully saturated rings. The molecule has 9 heteroatoms. The van der Waals surface area contributed by atoms with E-state index in [1.165, 1.54) is 16.2 Å². The molecule has 2 N–H and O–H groups in total. The zero-order chi connectivity index (χ0) is 20.6. The number of piperidine rings is 1. The molecule has 7 nitrogen and oxygen atoms in total. The van der Waals surface area contributed by atoms with E-state index in [-0.39, 0.29) is 10.3 Å². The van der Waals surface area contributed by atoms with Gasteiger partial charge in [0.05, 0.1) is 5.56 Å². The van der Waals surface area contributed by atoms with Gasteiger partial charge < -0.3 is 9.88 Å². The predicted molar refractivity (Wildman–Crippen MR) is 112 cm³/mol. The Morgan fingerprint density at radius 2 is 1.86 bits per heavy atom. The second kappa shape index (κ2) is 7.74. The van der Waals surface area contributed by atoms with Crippen molar-refractivity contribution in [2.75, 3.05) is 13.1 Å². The number of carbonyl (C=O) groups is 2. The highest BCUT2D eigenvalue weighted by Gasteiger charge is 2.31. The first-order valence-electron chi connectivity index (χ1n) is 9.33. The minimum Gasteiger partial charge on any atom is -0.358 e. The van der Waals surface area contributed by atoms with E-state index in [4.69, 9.17) is 0 Å². The Bertz CT molecular complexity index is 1160. The molecule has 1 aliphatic heterocycles. The number of Topliss-reactive ketones (excluding diaryl/α,β-unsaturated/α-hetero) is 1. The number of aromatic amines is 1. The fraction of sp³-hybridized carbons (Fsp3) is 0.300. The number of aromatic nitrogens is 1. The molecule has 0 saturated carbocycles. The van der Waals surface area contributed by atoms with Crippen molar-refractivity contribution >= 4 is 44.0 Å². The van der Waals surface area contributed by atoms with Crippen LogP contribution in [0.1, 0.15) is 28.9 Å². The highest BCUT2D eigenvalue weighted by Crippen LogP contribution is 2.24. The normalized spacial score (nSPS) is 15.7. The number of hydrogen-bond acceptors (Lipinski definition) is 5. The maximum atomic E-state index is 12.9. The number of para-hydroxylation sites is 1. The lowest BCUT2D eigenvalue weighted by Gasteiger charge is -2.31. The molecular weight excluding hydrogens is 410 g/mol. The van der Waals surface area contributed by atoms with Gasteiger partial charge in [0.25, 0.3) is 11.7 Å². The highest BCUT2D eigenvalue weighted by atomic mass is 32.2. The molecule has 0 bridgehead atoms. The molecule has 1 aromatic carbocycles. The van der Waals surface area contributed by atoms with E-state index < -0.39 is 21.7 Å². The third kappa shape index (κ3) is 3.85. The number of likely N-dealkylation sites (tertiary alicyclic amines) is 1. The Kier molecular flexibility index (Phi) is 5.28. The van der Waals surface area contributed by atoms with Crippen LogP contribution in [0.15, 0.2) is 46.0 Å². The number of H-pyrrole nitrogens is 1. The number of nitrogens with zero attached hydrogens (tertiary/aromatic N) is 1. The van der Waals surface area contributed by atoms with Gasteiger partial charge in [0, 0.05) is 35.7 Å². The zero-order valence-corrected chi connectivity index (χ0v) is 17.5. The van der Waals surface area contributed by atoms with Gasteiger partial charge in [-0.15, -0.1) is 11.3 Å². The van der Waals surface area contributed by atoms with Crippen molar-refractivity contribution in [1.82, 2.24) is 14.6 Å². The molecule has 3 heterocycles. The number of benzene rings is 1. The first kappa shape index (κ1) is 19.8. The van der Waals surface area contributed by atoms with Crippen LogP contribution < -0.4 is 4.72 Å². The minimum atomic E-state index is -3.54. The van der Waals surface area contributed by atoms with Crippen LogP contribution in [0.3, 0.4) is 0 Å². The summed E-state index contributed by atoms with van der Waals surface area (Å²) < 4.78 is 27.7. The van der Waals surface area contributed by atoms with Crippen molar-refractivity contribution in [2.45, 2.75) is 30.0 Å². The Labute approximate surface area is 172 Å². The molecule has 0 unspecified atom stereocenters. The van der Waals surface area contributed by atoms with Gasteiger partial charge in [0.15, 0.2) is 0 Å². The van der Waals surface area contributed by atoms with Crippen LogP contribution in [0, 0.1) is 6.92 Å². The van der Waals surface area contributed by atoms with Gasteiger partial charge in [0.1, 0.15) is 4.21 Å². The number of ketones is 1. The van der Waals surface area contributed by atoms with Crippen LogP contribution in [0.5, 0.6) is 0 Å². The molecule has 0 atom stereocenters. The molecule has 0 radical (unpaired) electrons. The third-order valence-electron chi connectivity index (χ3n) is 5.18. The summed E-state index contributed by atoms with van der Waals surface area (Å²) in [5.41, 5.74) is 1.90. The van der Waals surface area contributed by atoms with Gasteiger partial charge in [-0.05, 0) is 37.3 Å². The summed E-state index contributed by atoms with van der Waals surface area (Å²) in [6.45, 7) is 2.46. The van der Waals surface area contributed by atoms with Crippen LogP contribution >= 0.6 is 11.3 Å². The summed E-state index contributed by atoms with van der Waals surface area (Å²) in [4.78, 5) is 30.3. The third-order valence-corrected chi connectivity index (χ3v) is 8.10. The van der Waals surface area contributed by atoms with Gasteiger partial charge >= 0.3 is 0 Å². The standard InChI is InChI=1S/C20H21N3O4S2/c1-13-18(15-5-2-3-6-16(15)21-13)19(24)20(25)23-10-8-14(9-11-23)22-29(26,27)17-7-4-12-28-17/h2-7,12,14,21-22H,8-11H2,1H3. The van der Waals surface area contributed by atoms with Gasteiger partial charge in [0.2, 0.25) is 10.0 Å². The second-order valence-electron chi connectivity index (χ2n) is 7.12. The van der Waals surface area contributed by atoms with Crippen LogP contribution in [0.4, 0.5) is 0 Å². The number of rotatable bonds is 5. The molecule has 2 aromatic heterocycles. The van der Waals surface area contributed by atoms with E-state index in [2.05, 4.69) is 9.71 Å².